The lowest BCUT2D eigenvalue weighted by Crippen LogP contribution is -2.55. The summed E-state index contributed by atoms with van der Waals surface area (Å²) in [6.45, 7) is 0.764. The second-order valence-corrected chi connectivity index (χ2v) is 12.4. The zero-order valence-electron chi connectivity index (χ0n) is 28.7. The van der Waals surface area contributed by atoms with Crippen molar-refractivity contribution in [3.63, 3.8) is 0 Å². The number of Topliss-reactive ketones (excluding diaryl/α,β-unsaturated/α-hetero) is 1. The largest absolute Gasteiger partial charge is 0.508 e. The van der Waals surface area contributed by atoms with Gasteiger partial charge in [0.15, 0.2) is 5.78 Å². The van der Waals surface area contributed by atoms with Gasteiger partial charge in [-0.2, -0.15) is 26.3 Å². The minimum absolute atomic E-state index is 0.0127. The van der Waals surface area contributed by atoms with Gasteiger partial charge >= 0.3 is 24.3 Å². The first-order chi connectivity index (χ1) is 25.8. The standard InChI is InChI=1S/C40H30F6N2O7/c1-21(49)32-19-25(9-17-30(32)36(52)53)38(39(41,42)43,40(44,45)46)26-10-18-31(37(54)55)33(20-26)35(51)48-28-13-5-23(6-14-28)34(24-7-15-29(50)16-8-24)22-3-11-27(47-2)12-4-22/h3-20,34,47,50H,1-2H3,(H,48,51)(H,52,53)(H,54,55). The normalized spacial score (nSPS) is 12.4. The molecule has 0 aromatic heterocycles. The summed E-state index contributed by atoms with van der Waals surface area (Å²) >= 11 is 0. The number of rotatable bonds is 11. The van der Waals surface area contributed by atoms with Crippen LogP contribution in [0, 0.1) is 0 Å². The Labute approximate surface area is 308 Å². The summed E-state index contributed by atoms with van der Waals surface area (Å²) in [5.41, 5.74) is -8.74. The Balaban J connectivity index is 1.60. The Hall–Kier alpha value is -6.64. The van der Waals surface area contributed by atoms with Crippen molar-refractivity contribution in [2.75, 3.05) is 17.7 Å². The van der Waals surface area contributed by atoms with Crippen molar-refractivity contribution >= 4 is 35.0 Å². The number of aromatic carboxylic acids is 2. The van der Waals surface area contributed by atoms with E-state index in [1.165, 1.54) is 24.3 Å². The molecule has 9 nitrogen and oxygen atoms in total. The summed E-state index contributed by atoms with van der Waals surface area (Å²) < 4.78 is 90.2. The number of aromatic hydroxyl groups is 1. The van der Waals surface area contributed by atoms with E-state index in [2.05, 4.69) is 10.6 Å². The van der Waals surface area contributed by atoms with Crippen LogP contribution in [-0.2, 0) is 5.41 Å². The second-order valence-electron chi connectivity index (χ2n) is 12.4. The van der Waals surface area contributed by atoms with E-state index in [0.29, 0.717) is 17.7 Å². The molecule has 1 atom stereocenters. The molecule has 0 bridgehead atoms. The van der Waals surface area contributed by atoms with E-state index in [9.17, 15) is 34.5 Å². The fourth-order valence-corrected chi connectivity index (χ4v) is 6.43. The molecule has 1 unspecified atom stereocenters. The molecule has 5 rings (SSSR count). The molecule has 0 aliphatic carbocycles. The first-order valence-corrected chi connectivity index (χ1v) is 16.2. The van der Waals surface area contributed by atoms with Crippen LogP contribution in [0.1, 0.15) is 82.1 Å². The smallest absolute Gasteiger partial charge is 0.411 e. The van der Waals surface area contributed by atoms with E-state index in [1.807, 2.05) is 24.3 Å². The van der Waals surface area contributed by atoms with Crippen LogP contribution in [0.25, 0.3) is 0 Å². The van der Waals surface area contributed by atoms with Crippen LogP contribution in [0.3, 0.4) is 0 Å². The van der Waals surface area contributed by atoms with Crippen LogP contribution in [0.15, 0.2) is 109 Å². The van der Waals surface area contributed by atoms with Gasteiger partial charge in [-0.1, -0.05) is 48.5 Å². The second kappa shape index (κ2) is 15.0. The number of phenolic OH excluding ortho intramolecular Hbond substituents is 1. The van der Waals surface area contributed by atoms with Crippen molar-refractivity contribution in [3.8, 4) is 5.75 Å². The quantitative estimate of drug-likeness (QED) is 0.0508. The molecule has 0 heterocycles. The van der Waals surface area contributed by atoms with Crippen molar-refractivity contribution < 1.29 is 60.8 Å². The highest BCUT2D eigenvalue weighted by atomic mass is 19.4. The Morgan fingerprint density at radius 3 is 1.36 bits per heavy atom. The van der Waals surface area contributed by atoms with E-state index < -0.39 is 80.7 Å². The molecule has 55 heavy (non-hydrogen) atoms. The van der Waals surface area contributed by atoms with Crippen LogP contribution in [0.5, 0.6) is 5.75 Å². The zero-order chi connectivity index (χ0) is 40.5. The van der Waals surface area contributed by atoms with Crippen molar-refractivity contribution in [2.45, 2.75) is 30.6 Å². The predicted molar refractivity (Wildman–Crippen MR) is 189 cm³/mol. The monoisotopic (exact) mass is 764 g/mol. The lowest BCUT2D eigenvalue weighted by molar-refractivity contribution is -0.288. The van der Waals surface area contributed by atoms with Gasteiger partial charge in [0.25, 0.3) is 5.91 Å². The summed E-state index contributed by atoms with van der Waals surface area (Å²) in [5, 5.41) is 34.4. The van der Waals surface area contributed by atoms with Gasteiger partial charge < -0.3 is 26.0 Å². The first kappa shape index (κ1) is 39.6. The third-order valence-electron chi connectivity index (χ3n) is 9.10. The maximum atomic E-state index is 15.0. The highest BCUT2D eigenvalue weighted by Crippen LogP contribution is 2.56. The van der Waals surface area contributed by atoms with Crippen LogP contribution in [0.4, 0.5) is 37.7 Å². The maximum absolute atomic E-state index is 15.0. The number of halogens is 6. The van der Waals surface area contributed by atoms with Gasteiger partial charge in [-0.25, -0.2) is 9.59 Å². The van der Waals surface area contributed by atoms with Crippen molar-refractivity contribution in [3.05, 3.63) is 159 Å². The van der Waals surface area contributed by atoms with Crippen molar-refractivity contribution in [1.29, 1.82) is 0 Å². The molecule has 0 saturated carbocycles. The number of anilines is 2. The Morgan fingerprint density at radius 2 is 0.964 bits per heavy atom. The summed E-state index contributed by atoms with van der Waals surface area (Å²) in [6, 6.07) is 21.7. The van der Waals surface area contributed by atoms with Crippen LogP contribution < -0.4 is 10.6 Å². The zero-order valence-corrected chi connectivity index (χ0v) is 28.7. The number of amides is 1. The summed E-state index contributed by atoms with van der Waals surface area (Å²) in [7, 11) is 1.75. The number of benzene rings is 5. The molecular formula is C40H30F6N2O7. The first-order valence-electron chi connectivity index (χ1n) is 16.2. The molecule has 0 fully saturated rings. The lowest BCUT2D eigenvalue weighted by Gasteiger charge is -2.38. The summed E-state index contributed by atoms with van der Waals surface area (Å²) in [4.78, 5) is 49.6. The van der Waals surface area contributed by atoms with E-state index in [0.717, 1.165) is 23.7 Å². The molecule has 1 amide bonds. The average molecular weight is 765 g/mol. The number of alkyl halides is 6. The number of carboxylic acids is 2. The summed E-state index contributed by atoms with van der Waals surface area (Å²) in [5.74, 6) is -6.45. The number of carbonyl (C=O) groups is 4. The number of carbonyl (C=O) groups excluding carboxylic acids is 2. The molecule has 284 valence electrons. The molecule has 0 aliphatic heterocycles. The lowest BCUT2D eigenvalue weighted by atomic mass is 9.71. The molecule has 5 N–H and O–H groups in total. The van der Waals surface area contributed by atoms with E-state index in [1.54, 1.807) is 31.3 Å². The average Bonchev–Trinajstić information content (AvgIpc) is 3.12. The molecule has 0 aliphatic rings. The highest BCUT2D eigenvalue weighted by Gasteiger charge is 2.72. The van der Waals surface area contributed by atoms with E-state index >= 15 is 26.3 Å². The molecule has 5 aromatic carbocycles. The van der Waals surface area contributed by atoms with Gasteiger partial charge in [-0.3, -0.25) is 9.59 Å². The third kappa shape index (κ3) is 7.58. The Bertz CT molecular complexity index is 2250. The van der Waals surface area contributed by atoms with Gasteiger partial charge in [0.1, 0.15) is 5.75 Å². The maximum Gasteiger partial charge on any atom is 0.411 e. The van der Waals surface area contributed by atoms with Gasteiger partial charge in [-0.05, 0) is 95.4 Å². The number of hydrogen-bond acceptors (Lipinski definition) is 6. The van der Waals surface area contributed by atoms with Crippen molar-refractivity contribution in [2.24, 2.45) is 0 Å². The number of nitrogens with one attached hydrogen (secondary N) is 2. The summed E-state index contributed by atoms with van der Waals surface area (Å²) in [6.07, 6.45) is -12.4. The Kier molecular flexibility index (Phi) is 10.8. The molecular weight excluding hydrogens is 734 g/mol. The molecule has 0 radical (unpaired) electrons. The van der Waals surface area contributed by atoms with Gasteiger partial charge in [0.2, 0.25) is 5.41 Å². The SMILES string of the molecule is CNc1ccc(C(c2ccc(O)cc2)c2ccc(NC(=O)c3cc(C(c4ccc(C(=O)O)c(C(C)=O)c4)(C(F)(F)F)C(F)(F)F)ccc3C(=O)O)cc2)cc1. The fraction of sp³-hybridized carbons (Fsp3) is 0.150. The number of carboxylic acid groups (broad SMARTS) is 2. The number of hydrogen-bond donors (Lipinski definition) is 5. The minimum atomic E-state index is -6.22. The van der Waals surface area contributed by atoms with Crippen LogP contribution in [0.2, 0.25) is 0 Å². The van der Waals surface area contributed by atoms with Gasteiger partial charge in [-0.15, -0.1) is 0 Å². The van der Waals surface area contributed by atoms with Gasteiger partial charge in [0.05, 0.1) is 16.7 Å². The number of ketones is 1. The van der Waals surface area contributed by atoms with E-state index in [-0.39, 0.29) is 35.7 Å². The van der Waals surface area contributed by atoms with Crippen LogP contribution >= 0.6 is 0 Å². The molecule has 0 saturated heterocycles. The minimum Gasteiger partial charge on any atom is -0.508 e. The molecule has 0 spiro atoms. The third-order valence-corrected chi connectivity index (χ3v) is 9.10. The number of phenols is 1. The van der Waals surface area contributed by atoms with E-state index in [4.69, 9.17) is 0 Å². The van der Waals surface area contributed by atoms with Crippen molar-refractivity contribution in [1.82, 2.24) is 0 Å². The predicted octanol–water partition coefficient (Wildman–Crippen LogP) is 8.88. The topological polar surface area (TPSA) is 153 Å². The molecule has 15 heteroatoms. The van der Waals surface area contributed by atoms with Gasteiger partial charge in [0, 0.05) is 29.9 Å². The Morgan fingerprint density at radius 1 is 0.564 bits per heavy atom. The molecule has 5 aromatic rings. The van der Waals surface area contributed by atoms with Crippen LogP contribution in [-0.4, -0.2) is 58.3 Å². The highest BCUT2D eigenvalue weighted by molar-refractivity contribution is 6.11. The fourth-order valence-electron chi connectivity index (χ4n) is 6.43.